The lowest BCUT2D eigenvalue weighted by molar-refractivity contribution is -0.121. The van der Waals surface area contributed by atoms with Crippen molar-refractivity contribution >= 4 is 32.6 Å². The van der Waals surface area contributed by atoms with Crippen LogP contribution in [0.5, 0.6) is 0 Å². The number of sulfonamides is 1. The molecule has 0 aromatic heterocycles. The van der Waals surface area contributed by atoms with Crippen molar-refractivity contribution in [3.8, 4) is 0 Å². The van der Waals surface area contributed by atoms with Gasteiger partial charge in [0, 0.05) is 13.0 Å². The molecule has 29 heavy (non-hydrogen) atoms. The molecular weight excluding hydrogens is 397 g/mol. The largest absolute Gasteiger partial charge is 0.273 e. The van der Waals surface area contributed by atoms with Crippen LogP contribution in [-0.4, -0.2) is 26.8 Å². The highest BCUT2D eigenvalue weighted by Crippen LogP contribution is 2.18. The number of halogens is 1. The third-order valence-electron chi connectivity index (χ3n) is 4.11. The molecule has 0 aliphatic heterocycles. The van der Waals surface area contributed by atoms with E-state index in [1.807, 2.05) is 18.2 Å². The summed E-state index contributed by atoms with van der Waals surface area (Å²) in [5.74, 6) is -2.16. The molecule has 150 valence electrons. The summed E-state index contributed by atoms with van der Waals surface area (Å²) in [6.07, 6.45) is -0.218. The van der Waals surface area contributed by atoms with Gasteiger partial charge >= 0.3 is 0 Å². The Hall–Kier alpha value is -3.30. The average Bonchev–Trinajstić information content (AvgIpc) is 2.72. The van der Waals surface area contributed by atoms with Gasteiger partial charge in [0.15, 0.2) is 0 Å². The predicted octanol–water partition coefficient (Wildman–Crippen LogP) is 2.11. The minimum Gasteiger partial charge on any atom is -0.273 e. The Bertz CT molecular complexity index is 1170. The SMILES string of the molecule is O=C(CCNS(=O)(=O)c1ccc2ccccc2c1)NNC(=O)c1ccccc1F. The fourth-order valence-corrected chi connectivity index (χ4v) is 3.69. The molecule has 0 bridgehead atoms. The van der Waals surface area contributed by atoms with Crippen LogP contribution in [0.4, 0.5) is 4.39 Å². The molecule has 0 fully saturated rings. The van der Waals surface area contributed by atoms with Gasteiger partial charge in [0.25, 0.3) is 5.91 Å². The Kier molecular flexibility index (Phi) is 6.20. The molecule has 7 nitrogen and oxygen atoms in total. The van der Waals surface area contributed by atoms with Crippen LogP contribution in [0.2, 0.25) is 0 Å². The highest BCUT2D eigenvalue weighted by Gasteiger charge is 2.15. The monoisotopic (exact) mass is 415 g/mol. The first-order valence-corrected chi connectivity index (χ1v) is 10.2. The minimum atomic E-state index is -3.79. The normalized spacial score (nSPS) is 11.2. The van der Waals surface area contributed by atoms with Crippen molar-refractivity contribution in [2.45, 2.75) is 11.3 Å². The third kappa shape index (κ3) is 5.15. The van der Waals surface area contributed by atoms with Crippen LogP contribution < -0.4 is 15.6 Å². The van der Waals surface area contributed by atoms with Crippen LogP contribution in [0.15, 0.2) is 71.6 Å². The van der Waals surface area contributed by atoms with E-state index in [0.29, 0.717) is 0 Å². The molecule has 0 radical (unpaired) electrons. The fraction of sp³-hybridized carbons (Fsp3) is 0.100. The van der Waals surface area contributed by atoms with Gasteiger partial charge in [0.1, 0.15) is 5.82 Å². The molecule has 3 N–H and O–H groups in total. The first-order chi connectivity index (χ1) is 13.9. The smallest absolute Gasteiger partial charge is 0.272 e. The molecule has 0 saturated carbocycles. The molecule has 0 aliphatic carbocycles. The summed E-state index contributed by atoms with van der Waals surface area (Å²) in [6, 6.07) is 17.4. The van der Waals surface area contributed by atoms with Gasteiger partial charge in [0.2, 0.25) is 15.9 Å². The van der Waals surface area contributed by atoms with Crippen LogP contribution in [0.3, 0.4) is 0 Å². The Morgan fingerprint density at radius 1 is 0.862 bits per heavy atom. The van der Waals surface area contributed by atoms with E-state index < -0.39 is 27.7 Å². The van der Waals surface area contributed by atoms with E-state index >= 15 is 0 Å². The van der Waals surface area contributed by atoms with Crippen LogP contribution in [-0.2, 0) is 14.8 Å². The maximum absolute atomic E-state index is 13.5. The molecule has 9 heteroatoms. The lowest BCUT2D eigenvalue weighted by Crippen LogP contribution is -2.43. The molecule has 3 rings (SSSR count). The van der Waals surface area contributed by atoms with E-state index in [1.54, 1.807) is 18.2 Å². The zero-order valence-corrected chi connectivity index (χ0v) is 16.0. The number of carbonyl (C=O) groups is 2. The van der Waals surface area contributed by atoms with Crippen molar-refractivity contribution in [2.75, 3.05) is 6.54 Å². The molecule has 0 atom stereocenters. The van der Waals surface area contributed by atoms with Gasteiger partial charge in [-0.05, 0) is 35.0 Å². The zero-order chi connectivity index (χ0) is 20.9. The summed E-state index contributed by atoms with van der Waals surface area (Å²) in [7, 11) is -3.79. The molecule has 0 saturated heterocycles. The second-order valence-corrected chi connectivity index (χ2v) is 7.91. The number of hydrogen-bond donors (Lipinski definition) is 3. The molecule has 0 heterocycles. The number of rotatable bonds is 6. The lowest BCUT2D eigenvalue weighted by Gasteiger charge is -2.09. The zero-order valence-electron chi connectivity index (χ0n) is 15.2. The molecule has 0 aliphatic rings. The minimum absolute atomic E-state index is 0.0875. The van der Waals surface area contributed by atoms with E-state index in [9.17, 15) is 22.4 Å². The standard InChI is InChI=1S/C20H18FN3O4S/c21-18-8-4-3-7-17(18)20(26)24-23-19(25)11-12-22-29(27,28)16-10-9-14-5-1-2-6-15(14)13-16/h1-10,13,22H,11-12H2,(H,23,25)(H,24,26). The van der Waals surface area contributed by atoms with Crippen molar-refractivity contribution < 1.29 is 22.4 Å². The topological polar surface area (TPSA) is 104 Å². The lowest BCUT2D eigenvalue weighted by atomic mass is 10.1. The Balaban J connectivity index is 1.51. The molecular formula is C20H18FN3O4S. The van der Waals surface area contributed by atoms with E-state index in [2.05, 4.69) is 15.6 Å². The van der Waals surface area contributed by atoms with Gasteiger partial charge in [-0.25, -0.2) is 17.5 Å². The number of carbonyl (C=O) groups excluding carboxylic acids is 2. The second kappa shape index (κ2) is 8.80. The van der Waals surface area contributed by atoms with Gasteiger partial charge in [-0.3, -0.25) is 20.4 Å². The van der Waals surface area contributed by atoms with Gasteiger partial charge < -0.3 is 0 Å². The number of amides is 2. The molecule has 3 aromatic rings. The summed E-state index contributed by atoms with van der Waals surface area (Å²) in [4.78, 5) is 23.7. The van der Waals surface area contributed by atoms with Gasteiger partial charge in [-0.1, -0.05) is 42.5 Å². The maximum Gasteiger partial charge on any atom is 0.272 e. The van der Waals surface area contributed by atoms with Gasteiger partial charge in [-0.2, -0.15) is 0 Å². The first-order valence-electron chi connectivity index (χ1n) is 8.69. The summed E-state index contributed by atoms with van der Waals surface area (Å²) in [5.41, 5.74) is 3.98. The number of hydrazine groups is 1. The van der Waals surface area contributed by atoms with Crippen molar-refractivity contribution in [3.05, 3.63) is 78.1 Å². The number of benzene rings is 3. The van der Waals surface area contributed by atoms with Crippen LogP contribution in [0.25, 0.3) is 10.8 Å². The first kappa shape index (κ1) is 20.4. The summed E-state index contributed by atoms with van der Waals surface area (Å²) in [6.45, 7) is -0.170. The summed E-state index contributed by atoms with van der Waals surface area (Å²) >= 11 is 0. The van der Waals surface area contributed by atoms with Crippen molar-refractivity contribution in [2.24, 2.45) is 0 Å². The highest BCUT2D eigenvalue weighted by atomic mass is 32.2. The quantitative estimate of drug-likeness (QED) is 0.537. The van der Waals surface area contributed by atoms with Gasteiger partial charge in [-0.15, -0.1) is 0 Å². The summed E-state index contributed by atoms with van der Waals surface area (Å²) < 4.78 is 40.6. The van der Waals surface area contributed by atoms with E-state index in [0.717, 1.165) is 16.8 Å². The molecule has 0 spiro atoms. The number of nitrogens with one attached hydrogen (secondary N) is 3. The van der Waals surface area contributed by atoms with Crippen molar-refractivity contribution in [1.29, 1.82) is 0 Å². The molecule has 3 aromatic carbocycles. The maximum atomic E-state index is 13.5. The molecule has 0 unspecified atom stereocenters. The average molecular weight is 415 g/mol. The molecule has 2 amide bonds. The van der Waals surface area contributed by atoms with Gasteiger partial charge in [0.05, 0.1) is 10.5 Å². The van der Waals surface area contributed by atoms with E-state index in [-0.39, 0.29) is 23.4 Å². The second-order valence-electron chi connectivity index (χ2n) is 6.14. The van der Waals surface area contributed by atoms with Crippen molar-refractivity contribution in [3.63, 3.8) is 0 Å². The van der Waals surface area contributed by atoms with Crippen LogP contribution in [0, 0.1) is 5.82 Å². The fourth-order valence-electron chi connectivity index (χ4n) is 2.62. The van der Waals surface area contributed by atoms with E-state index in [4.69, 9.17) is 0 Å². The third-order valence-corrected chi connectivity index (χ3v) is 5.57. The Labute approximate surface area is 166 Å². The predicted molar refractivity (Wildman–Crippen MR) is 106 cm³/mol. The number of hydrogen-bond acceptors (Lipinski definition) is 4. The number of fused-ring (bicyclic) bond motifs is 1. The van der Waals surface area contributed by atoms with Crippen LogP contribution >= 0.6 is 0 Å². The van der Waals surface area contributed by atoms with Crippen molar-refractivity contribution in [1.82, 2.24) is 15.6 Å². The Morgan fingerprint density at radius 2 is 1.55 bits per heavy atom. The summed E-state index contributed by atoms with van der Waals surface area (Å²) in [5, 5.41) is 1.69. The Morgan fingerprint density at radius 3 is 2.31 bits per heavy atom. The van der Waals surface area contributed by atoms with E-state index in [1.165, 1.54) is 24.3 Å². The highest BCUT2D eigenvalue weighted by molar-refractivity contribution is 7.89. The van der Waals surface area contributed by atoms with Crippen LogP contribution in [0.1, 0.15) is 16.8 Å².